The van der Waals surface area contributed by atoms with E-state index in [-0.39, 0.29) is 6.54 Å². The molecule has 3 rings (SSSR count). The second kappa shape index (κ2) is 6.04. The third-order valence-corrected chi connectivity index (χ3v) is 3.56. The van der Waals surface area contributed by atoms with Gasteiger partial charge in [0.25, 0.3) is 5.56 Å². The lowest BCUT2D eigenvalue weighted by Gasteiger charge is -2.13. The van der Waals surface area contributed by atoms with Crippen LogP contribution in [0.2, 0.25) is 0 Å². The van der Waals surface area contributed by atoms with Crippen LogP contribution in [0, 0.1) is 0 Å². The summed E-state index contributed by atoms with van der Waals surface area (Å²) in [5.41, 5.74) is -0.696. The Balaban J connectivity index is 1.78. The van der Waals surface area contributed by atoms with Gasteiger partial charge in [-0.2, -0.15) is 0 Å². The molecule has 0 aliphatic carbocycles. The zero-order valence-electron chi connectivity index (χ0n) is 11.8. The van der Waals surface area contributed by atoms with E-state index in [4.69, 9.17) is 9.84 Å². The van der Waals surface area contributed by atoms with Gasteiger partial charge in [0.1, 0.15) is 24.0 Å². The summed E-state index contributed by atoms with van der Waals surface area (Å²) in [5.74, 6) is 0. The standard InChI is InChI=1S/C12H15N5O6/c18-5-7-9(20)10(21)11(23-7)17-4-6(14-15-17)3-16-2-1-8(19)13-12(16)22/h1-2,4,7,9-11,18,20-21H,3,5H2,(H,13,19,22)/t7-,9-,10+,11+/m0/s1. The lowest BCUT2D eigenvalue weighted by atomic mass is 10.1. The summed E-state index contributed by atoms with van der Waals surface area (Å²) < 4.78 is 7.75. The van der Waals surface area contributed by atoms with Gasteiger partial charge < -0.3 is 20.1 Å². The highest BCUT2D eigenvalue weighted by atomic mass is 16.6. The largest absolute Gasteiger partial charge is 0.394 e. The van der Waals surface area contributed by atoms with E-state index in [9.17, 15) is 19.8 Å². The molecule has 1 saturated heterocycles. The molecular formula is C12H15N5O6. The Hall–Kier alpha value is -2.34. The molecule has 11 nitrogen and oxygen atoms in total. The number of hydrogen-bond donors (Lipinski definition) is 4. The number of aliphatic hydroxyl groups excluding tert-OH is 3. The van der Waals surface area contributed by atoms with E-state index in [0.717, 1.165) is 0 Å². The lowest BCUT2D eigenvalue weighted by Crippen LogP contribution is -2.33. The third kappa shape index (κ3) is 2.94. The van der Waals surface area contributed by atoms with Crippen LogP contribution >= 0.6 is 0 Å². The molecule has 0 bridgehead atoms. The minimum Gasteiger partial charge on any atom is -0.394 e. The molecule has 4 atom stereocenters. The smallest absolute Gasteiger partial charge is 0.328 e. The number of hydrogen-bond acceptors (Lipinski definition) is 8. The van der Waals surface area contributed by atoms with Crippen molar-refractivity contribution in [2.45, 2.75) is 31.1 Å². The number of rotatable bonds is 4. The molecule has 1 fully saturated rings. The molecular weight excluding hydrogens is 310 g/mol. The number of ether oxygens (including phenoxy) is 1. The van der Waals surface area contributed by atoms with Crippen LogP contribution in [0.15, 0.2) is 28.0 Å². The fourth-order valence-corrected chi connectivity index (χ4v) is 2.35. The van der Waals surface area contributed by atoms with E-state index >= 15 is 0 Å². The van der Waals surface area contributed by atoms with Crippen LogP contribution in [0.5, 0.6) is 0 Å². The first-order chi connectivity index (χ1) is 11.0. The van der Waals surface area contributed by atoms with Gasteiger partial charge in [0.05, 0.1) is 19.3 Å². The summed E-state index contributed by atoms with van der Waals surface area (Å²) in [7, 11) is 0. The maximum atomic E-state index is 11.6. The summed E-state index contributed by atoms with van der Waals surface area (Å²) in [5, 5.41) is 36.4. The molecule has 3 heterocycles. The van der Waals surface area contributed by atoms with Gasteiger partial charge in [-0.15, -0.1) is 5.10 Å². The van der Waals surface area contributed by atoms with E-state index < -0.39 is 42.4 Å². The molecule has 124 valence electrons. The van der Waals surface area contributed by atoms with Gasteiger partial charge in [-0.25, -0.2) is 9.48 Å². The Morgan fingerprint density at radius 3 is 2.74 bits per heavy atom. The van der Waals surface area contributed by atoms with Crippen molar-refractivity contribution < 1.29 is 20.1 Å². The molecule has 0 spiro atoms. The second-order valence-electron chi connectivity index (χ2n) is 5.16. The summed E-state index contributed by atoms with van der Waals surface area (Å²) in [6, 6.07) is 1.21. The first-order valence-electron chi connectivity index (χ1n) is 6.82. The van der Waals surface area contributed by atoms with E-state index in [1.54, 1.807) is 0 Å². The number of nitrogens with zero attached hydrogens (tertiary/aromatic N) is 4. The average molecular weight is 325 g/mol. The van der Waals surface area contributed by atoms with Crippen molar-refractivity contribution in [1.29, 1.82) is 0 Å². The van der Waals surface area contributed by atoms with Crippen molar-refractivity contribution >= 4 is 0 Å². The molecule has 1 aliphatic rings. The van der Waals surface area contributed by atoms with Crippen LogP contribution in [0.1, 0.15) is 11.9 Å². The van der Waals surface area contributed by atoms with Crippen molar-refractivity contribution in [1.82, 2.24) is 24.5 Å². The zero-order valence-corrected chi connectivity index (χ0v) is 11.8. The third-order valence-electron chi connectivity index (χ3n) is 3.56. The predicted molar refractivity (Wildman–Crippen MR) is 73.5 cm³/mol. The van der Waals surface area contributed by atoms with Crippen molar-refractivity contribution in [3.8, 4) is 0 Å². The van der Waals surface area contributed by atoms with Crippen molar-refractivity contribution in [3.63, 3.8) is 0 Å². The second-order valence-corrected chi connectivity index (χ2v) is 5.16. The molecule has 23 heavy (non-hydrogen) atoms. The Morgan fingerprint density at radius 2 is 2.09 bits per heavy atom. The minimum absolute atomic E-state index is 0.0599. The van der Waals surface area contributed by atoms with Crippen LogP contribution in [-0.4, -0.2) is 64.8 Å². The zero-order chi connectivity index (χ0) is 16.6. The van der Waals surface area contributed by atoms with Gasteiger partial charge in [0.2, 0.25) is 0 Å². The number of aromatic amines is 1. The first-order valence-corrected chi connectivity index (χ1v) is 6.82. The van der Waals surface area contributed by atoms with Gasteiger partial charge in [-0.3, -0.25) is 14.3 Å². The maximum Gasteiger partial charge on any atom is 0.328 e. The summed E-state index contributed by atoms with van der Waals surface area (Å²) >= 11 is 0. The number of nitrogens with one attached hydrogen (secondary N) is 1. The predicted octanol–water partition coefficient (Wildman–Crippen LogP) is -3.21. The molecule has 2 aromatic heterocycles. The highest BCUT2D eigenvalue weighted by molar-refractivity contribution is 4.98. The maximum absolute atomic E-state index is 11.6. The molecule has 1 aliphatic heterocycles. The Labute approximate surface area is 128 Å². The Bertz CT molecular complexity index is 797. The van der Waals surface area contributed by atoms with Crippen LogP contribution in [-0.2, 0) is 11.3 Å². The number of H-pyrrole nitrogens is 1. The monoisotopic (exact) mass is 325 g/mol. The van der Waals surface area contributed by atoms with E-state index in [1.165, 1.54) is 27.7 Å². The van der Waals surface area contributed by atoms with E-state index in [1.807, 2.05) is 0 Å². The van der Waals surface area contributed by atoms with Crippen LogP contribution < -0.4 is 11.2 Å². The van der Waals surface area contributed by atoms with Crippen LogP contribution in [0.3, 0.4) is 0 Å². The van der Waals surface area contributed by atoms with Gasteiger partial charge in [-0.1, -0.05) is 5.21 Å². The number of aromatic nitrogens is 5. The van der Waals surface area contributed by atoms with Gasteiger partial charge in [-0.05, 0) is 0 Å². The van der Waals surface area contributed by atoms with Gasteiger partial charge in [0.15, 0.2) is 6.23 Å². The molecule has 0 saturated carbocycles. The topological polar surface area (TPSA) is 155 Å². The fourth-order valence-electron chi connectivity index (χ4n) is 2.35. The van der Waals surface area contributed by atoms with Crippen molar-refractivity contribution in [2.75, 3.05) is 6.61 Å². The van der Waals surface area contributed by atoms with Gasteiger partial charge >= 0.3 is 5.69 Å². The van der Waals surface area contributed by atoms with Crippen molar-refractivity contribution in [2.24, 2.45) is 0 Å². The van der Waals surface area contributed by atoms with E-state index in [0.29, 0.717) is 5.69 Å². The fraction of sp³-hybridized carbons (Fsp3) is 0.500. The minimum atomic E-state index is -1.27. The normalized spacial score (nSPS) is 27.4. The van der Waals surface area contributed by atoms with Crippen molar-refractivity contribution in [3.05, 3.63) is 45.0 Å². The molecule has 0 radical (unpaired) electrons. The van der Waals surface area contributed by atoms with E-state index in [2.05, 4.69) is 15.3 Å². The quantitative estimate of drug-likeness (QED) is 0.458. The molecule has 0 amide bonds. The van der Waals surface area contributed by atoms with Crippen LogP contribution in [0.4, 0.5) is 0 Å². The SMILES string of the molecule is O=c1ccn(Cc2cn([C@@H]3O[C@@H](CO)[C@H](O)[C@H]3O)nn2)c(=O)[nH]1. The molecule has 2 aromatic rings. The Kier molecular flexibility index (Phi) is 4.09. The molecule has 4 N–H and O–H groups in total. The first kappa shape index (κ1) is 15.6. The summed E-state index contributed by atoms with van der Waals surface area (Å²) in [6.07, 6.45) is -1.64. The summed E-state index contributed by atoms with van der Waals surface area (Å²) in [4.78, 5) is 24.7. The number of aliphatic hydroxyl groups is 3. The average Bonchev–Trinajstić information content (AvgIpc) is 3.08. The Morgan fingerprint density at radius 1 is 1.30 bits per heavy atom. The summed E-state index contributed by atoms with van der Waals surface area (Å²) in [6.45, 7) is -0.381. The van der Waals surface area contributed by atoms with Gasteiger partial charge in [0, 0.05) is 12.3 Å². The molecule has 0 aromatic carbocycles. The molecule has 0 unspecified atom stereocenters. The highest BCUT2D eigenvalue weighted by Gasteiger charge is 2.43. The lowest BCUT2D eigenvalue weighted by molar-refractivity contribution is -0.0594. The van der Waals surface area contributed by atoms with Crippen LogP contribution in [0.25, 0.3) is 0 Å². The molecule has 11 heteroatoms. The highest BCUT2D eigenvalue weighted by Crippen LogP contribution is 2.28.